The maximum atomic E-state index is 12.7. The van der Waals surface area contributed by atoms with Crippen molar-refractivity contribution in [2.75, 3.05) is 26.2 Å². The van der Waals surface area contributed by atoms with Gasteiger partial charge in [0.1, 0.15) is 0 Å². The molecule has 27 heavy (non-hydrogen) atoms. The number of rotatable bonds is 6. The lowest BCUT2D eigenvalue weighted by atomic mass is 10.1. The number of fused-ring (bicyclic) bond motifs is 1. The molecule has 0 aliphatic carbocycles. The third kappa shape index (κ3) is 4.52. The Morgan fingerprint density at radius 3 is 2.70 bits per heavy atom. The average Bonchev–Trinajstić information content (AvgIpc) is 3.25. The van der Waals surface area contributed by atoms with E-state index in [9.17, 15) is 9.59 Å². The van der Waals surface area contributed by atoms with Gasteiger partial charge in [-0.15, -0.1) is 0 Å². The lowest BCUT2D eigenvalue weighted by Crippen LogP contribution is -2.47. The van der Waals surface area contributed by atoms with Crippen molar-refractivity contribution in [1.82, 2.24) is 14.7 Å². The number of carbonyl (C=O) groups excluding carboxylic acids is 2. The summed E-state index contributed by atoms with van der Waals surface area (Å²) in [5.74, 6) is 0.117. The number of piperazine rings is 1. The van der Waals surface area contributed by atoms with E-state index in [1.54, 1.807) is 13.0 Å². The first-order valence-electron chi connectivity index (χ1n) is 10.4. The van der Waals surface area contributed by atoms with Gasteiger partial charge >= 0.3 is 0 Å². The number of hydrogen-bond donors (Lipinski definition) is 0. The lowest BCUT2D eigenvalue weighted by Gasteiger charge is -2.38. The Morgan fingerprint density at radius 1 is 1.19 bits per heavy atom. The summed E-state index contributed by atoms with van der Waals surface area (Å²) in [6.07, 6.45) is 12.8. The molecule has 3 saturated heterocycles. The van der Waals surface area contributed by atoms with Crippen LogP contribution in [0.5, 0.6) is 0 Å². The molecule has 1 amide bonds. The zero-order chi connectivity index (χ0) is 19.4. The van der Waals surface area contributed by atoms with Crippen LogP contribution in [0, 0.1) is 0 Å². The van der Waals surface area contributed by atoms with Crippen LogP contribution in [0.25, 0.3) is 0 Å². The molecule has 0 radical (unpaired) electrons. The number of hydrogen-bond acceptors (Lipinski definition) is 4. The van der Waals surface area contributed by atoms with E-state index in [-0.39, 0.29) is 11.7 Å². The molecular formula is C22H33N3O2. The Morgan fingerprint density at radius 2 is 2.00 bits per heavy atom. The second-order valence-corrected chi connectivity index (χ2v) is 7.95. The minimum atomic E-state index is 0.0559. The van der Waals surface area contributed by atoms with Crippen LogP contribution in [-0.4, -0.2) is 64.7 Å². The molecular weight excluding hydrogens is 338 g/mol. The van der Waals surface area contributed by atoms with Gasteiger partial charge in [0.15, 0.2) is 5.78 Å². The fraction of sp³-hybridized carbons (Fsp3) is 0.636. The highest BCUT2D eigenvalue weighted by Gasteiger charge is 2.35. The van der Waals surface area contributed by atoms with Gasteiger partial charge in [0.2, 0.25) is 5.91 Å². The van der Waals surface area contributed by atoms with Gasteiger partial charge in [0.25, 0.3) is 0 Å². The number of carbonyl (C=O) groups is 2. The molecule has 3 heterocycles. The second-order valence-electron chi connectivity index (χ2n) is 7.95. The maximum absolute atomic E-state index is 12.7. The second kappa shape index (κ2) is 8.87. The van der Waals surface area contributed by atoms with Crippen molar-refractivity contribution in [3.8, 4) is 0 Å². The Kier molecular flexibility index (Phi) is 6.53. The summed E-state index contributed by atoms with van der Waals surface area (Å²) in [5.41, 5.74) is 1.54. The highest BCUT2D eigenvalue weighted by atomic mass is 16.2. The van der Waals surface area contributed by atoms with Gasteiger partial charge in [-0.25, -0.2) is 0 Å². The van der Waals surface area contributed by atoms with Gasteiger partial charge in [-0.3, -0.25) is 14.5 Å². The summed E-state index contributed by atoms with van der Waals surface area (Å²) in [7, 11) is 0. The third-order valence-electron chi connectivity index (χ3n) is 6.04. The normalized spacial score (nSPS) is 26.9. The number of unbranched alkanes of at least 4 members (excludes halogenated alkanes) is 1. The van der Waals surface area contributed by atoms with Gasteiger partial charge in [0.05, 0.1) is 12.2 Å². The molecule has 0 bridgehead atoms. The Hall–Kier alpha value is -1.88. The van der Waals surface area contributed by atoms with Crippen molar-refractivity contribution in [3.63, 3.8) is 0 Å². The van der Waals surface area contributed by atoms with Crippen LogP contribution in [0.4, 0.5) is 0 Å². The number of nitrogens with zero attached hydrogens (tertiary/aromatic N) is 3. The van der Waals surface area contributed by atoms with E-state index in [4.69, 9.17) is 0 Å². The number of ketones is 1. The SMILES string of the molecule is C=C1CN(C(=O)/C=C/C2CCC3CCCN23)CCN1/C(=C\CCC)C(C)=O. The fourth-order valence-corrected chi connectivity index (χ4v) is 4.61. The van der Waals surface area contributed by atoms with E-state index < -0.39 is 0 Å². The van der Waals surface area contributed by atoms with Crippen molar-refractivity contribution < 1.29 is 9.59 Å². The molecule has 148 valence electrons. The van der Waals surface area contributed by atoms with Crippen LogP contribution in [0.3, 0.4) is 0 Å². The largest absolute Gasteiger partial charge is 0.340 e. The molecule has 0 aromatic heterocycles. The van der Waals surface area contributed by atoms with Crippen LogP contribution in [0.1, 0.15) is 52.4 Å². The zero-order valence-corrected chi connectivity index (χ0v) is 16.8. The fourth-order valence-electron chi connectivity index (χ4n) is 4.61. The van der Waals surface area contributed by atoms with Crippen LogP contribution in [0.15, 0.2) is 36.2 Å². The summed E-state index contributed by atoms with van der Waals surface area (Å²) in [6.45, 7) is 10.7. The number of Topliss-reactive ketones (excluding diaryl/α,β-unsaturated/α-hetero) is 1. The third-order valence-corrected chi connectivity index (χ3v) is 6.04. The smallest absolute Gasteiger partial charge is 0.246 e. The molecule has 2 atom stereocenters. The van der Waals surface area contributed by atoms with Crippen molar-refractivity contribution in [3.05, 3.63) is 36.2 Å². The zero-order valence-electron chi connectivity index (χ0n) is 16.8. The molecule has 0 aromatic rings. The van der Waals surface area contributed by atoms with Gasteiger partial charge in [0, 0.05) is 43.9 Å². The molecule has 3 fully saturated rings. The summed E-state index contributed by atoms with van der Waals surface area (Å²) in [6, 6.07) is 1.16. The van der Waals surface area contributed by atoms with Crippen LogP contribution < -0.4 is 0 Å². The predicted octanol–water partition coefficient (Wildman–Crippen LogP) is 3.10. The van der Waals surface area contributed by atoms with Crippen molar-refractivity contribution >= 4 is 11.7 Å². The molecule has 0 saturated carbocycles. The van der Waals surface area contributed by atoms with E-state index in [0.717, 1.165) is 30.3 Å². The van der Waals surface area contributed by atoms with E-state index in [2.05, 4.69) is 24.5 Å². The van der Waals surface area contributed by atoms with Crippen molar-refractivity contribution in [1.29, 1.82) is 0 Å². The topological polar surface area (TPSA) is 43.9 Å². The average molecular weight is 372 g/mol. The molecule has 2 unspecified atom stereocenters. The predicted molar refractivity (Wildman–Crippen MR) is 108 cm³/mol. The van der Waals surface area contributed by atoms with E-state index in [1.807, 2.05) is 15.9 Å². The Labute approximate surface area is 163 Å². The molecule has 5 nitrogen and oxygen atoms in total. The van der Waals surface area contributed by atoms with E-state index >= 15 is 0 Å². The van der Waals surface area contributed by atoms with Gasteiger partial charge < -0.3 is 9.80 Å². The van der Waals surface area contributed by atoms with Crippen molar-refractivity contribution in [2.45, 2.75) is 64.5 Å². The lowest BCUT2D eigenvalue weighted by molar-refractivity contribution is -0.126. The summed E-state index contributed by atoms with van der Waals surface area (Å²) < 4.78 is 0. The van der Waals surface area contributed by atoms with Crippen LogP contribution >= 0.6 is 0 Å². The number of allylic oxidation sites excluding steroid dienone is 2. The molecule has 3 rings (SSSR count). The highest BCUT2D eigenvalue weighted by molar-refractivity contribution is 5.93. The molecule has 5 heteroatoms. The molecule has 3 aliphatic rings. The summed E-state index contributed by atoms with van der Waals surface area (Å²) in [4.78, 5) is 31.0. The molecule has 0 aromatic carbocycles. The first-order valence-corrected chi connectivity index (χ1v) is 10.4. The monoisotopic (exact) mass is 371 g/mol. The van der Waals surface area contributed by atoms with Crippen LogP contribution in [-0.2, 0) is 9.59 Å². The molecule has 0 N–H and O–H groups in total. The Balaban J connectivity index is 1.57. The number of amides is 1. The molecule has 3 aliphatic heterocycles. The minimum absolute atomic E-state index is 0.0559. The van der Waals surface area contributed by atoms with E-state index in [1.165, 1.54) is 32.2 Å². The summed E-state index contributed by atoms with van der Waals surface area (Å²) >= 11 is 0. The summed E-state index contributed by atoms with van der Waals surface area (Å²) in [5, 5.41) is 0. The van der Waals surface area contributed by atoms with Crippen molar-refractivity contribution in [2.24, 2.45) is 0 Å². The standard InChI is InChI=1S/C22H33N3O2/c1-4-5-8-21(18(3)26)24-15-14-23(16-17(24)2)22(27)12-11-20-10-9-19-7-6-13-25(19)20/h8,11-12,19-20H,2,4-7,9-10,13-16H2,1,3H3/b12-11+,21-8-. The molecule has 0 spiro atoms. The highest BCUT2D eigenvalue weighted by Crippen LogP contribution is 2.33. The van der Waals surface area contributed by atoms with Gasteiger partial charge in [-0.2, -0.15) is 0 Å². The van der Waals surface area contributed by atoms with Gasteiger partial charge in [-0.1, -0.05) is 32.1 Å². The minimum Gasteiger partial charge on any atom is -0.340 e. The Bertz CT molecular complexity index is 652. The first kappa shape index (κ1) is 19.9. The first-order chi connectivity index (χ1) is 13.0. The van der Waals surface area contributed by atoms with Gasteiger partial charge in [-0.05, 0) is 38.6 Å². The quantitative estimate of drug-likeness (QED) is 0.673. The van der Waals surface area contributed by atoms with E-state index in [0.29, 0.717) is 25.7 Å². The maximum Gasteiger partial charge on any atom is 0.246 e. The van der Waals surface area contributed by atoms with Crippen LogP contribution in [0.2, 0.25) is 0 Å².